The summed E-state index contributed by atoms with van der Waals surface area (Å²) in [6, 6.07) is 5.30. The first-order valence-electron chi connectivity index (χ1n) is 6.29. The van der Waals surface area contributed by atoms with Crippen LogP contribution < -0.4 is 9.62 Å². The lowest BCUT2D eigenvalue weighted by Crippen LogP contribution is -2.41. The van der Waals surface area contributed by atoms with E-state index in [-0.39, 0.29) is 17.4 Å². The summed E-state index contributed by atoms with van der Waals surface area (Å²) in [5, 5.41) is 13.4. The molecule has 0 radical (unpaired) electrons. The van der Waals surface area contributed by atoms with Gasteiger partial charge in [0.1, 0.15) is 6.54 Å². The van der Waals surface area contributed by atoms with E-state index in [1.54, 1.807) is 0 Å². The van der Waals surface area contributed by atoms with E-state index in [1.165, 1.54) is 18.2 Å². The van der Waals surface area contributed by atoms with Crippen LogP contribution in [0.4, 0.5) is 11.4 Å². The molecule has 114 valence electrons. The lowest BCUT2D eigenvalue weighted by Gasteiger charge is -2.21. The van der Waals surface area contributed by atoms with E-state index in [1.807, 2.05) is 0 Å². The van der Waals surface area contributed by atoms with E-state index < -0.39 is 27.4 Å². The minimum atomic E-state index is -3.72. The predicted molar refractivity (Wildman–Crippen MR) is 76.5 cm³/mol. The van der Waals surface area contributed by atoms with E-state index in [2.05, 4.69) is 5.32 Å². The molecule has 0 bridgehead atoms. The van der Waals surface area contributed by atoms with Gasteiger partial charge in [0.05, 0.1) is 16.9 Å². The Kier molecular flexibility index (Phi) is 4.12. The predicted octanol–water partition coefficient (Wildman–Crippen LogP) is 0.639. The van der Waals surface area contributed by atoms with Gasteiger partial charge in [-0.3, -0.25) is 19.2 Å². The SMILES string of the molecule is CS(=O)(=O)N(CC(=O)NC1CC1)c1cccc([N+](=O)[O-])c1. The Hall–Kier alpha value is -2.16. The fourth-order valence-corrected chi connectivity index (χ4v) is 2.64. The van der Waals surface area contributed by atoms with Crippen LogP contribution in [0.5, 0.6) is 0 Å². The molecule has 1 amide bonds. The van der Waals surface area contributed by atoms with Gasteiger partial charge in [-0.15, -0.1) is 0 Å². The molecule has 1 fully saturated rings. The molecule has 0 aromatic heterocycles. The van der Waals surface area contributed by atoms with Gasteiger partial charge in [-0.25, -0.2) is 8.42 Å². The van der Waals surface area contributed by atoms with Crippen LogP contribution >= 0.6 is 0 Å². The molecule has 0 unspecified atom stereocenters. The van der Waals surface area contributed by atoms with Crippen LogP contribution in [0.25, 0.3) is 0 Å². The van der Waals surface area contributed by atoms with Gasteiger partial charge in [0, 0.05) is 18.2 Å². The molecule has 1 aromatic carbocycles. The largest absolute Gasteiger partial charge is 0.352 e. The Morgan fingerprint density at radius 2 is 2.14 bits per heavy atom. The molecule has 8 nitrogen and oxygen atoms in total. The molecule has 21 heavy (non-hydrogen) atoms. The smallest absolute Gasteiger partial charge is 0.271 e. The standard InChI is InChI=1S/C12H15N3O5S/c1-21(19,20)14(8-12(16)13-9-5-6-9)10-3-2-4-11(7-10)15(17)18/h2-4,7,9H,5-6,8H2,1H3,(H,13,16). The molecule has 0 atom stereocenters. The molecule has 1 aromatic rings. The van der Waals surface area contributed by atoms with Gasteiger partial charge in [-0.05, 0) is 18.9 Å². The molecule has 0 spiro atoms. The van der Waals surface area contributed by atoms with Crippen molar-refractivity contribution >= 4 is 27.3 Å². The summed E-state index contributed by atoms with van der Waals surface area (Å²) in [6.07, 6.45) is 2.74. The lowest BCUT2D eigenvalue weighted by molar-refractivity contribution is -0.384. The summed E-state index contributed by atoms with van der Waals surface area (Å²) in [6.45, 7) is -0.392. The fourth-order valence-electron chi connectivity index (χ4n) is 1.79. The molecule has 0 aliphatic heterocycles. The highest BCUT2D eigenvalue weighted by Crippen LogP contribution is 2.23. The zero-order valence-corrected chi connectivity index (χ0v) is 12.2. The van der Waals surface area contributed by atoms with Crippen molar-refractivity contribution in [2.24, 2.45) is 0 Å². The molecule has 1 N–H and O–H groups in total. The first-order valence-corrected chi connectivity index (χ1v) is 8.14. The number of sulfonamides is 1. The fraction of sp³-hybridized carbons (Fsp3) is 0.417. The van der Waals surface area contributed by atoms with Crippen molar-refractivity contribution in [1.29, 1.82) is 0 Å². The van der Waals surface area contributed by atoms with Crippen LogP contribution in [0.15, 0.2) is 24.3 Å². The summed E-state index contributed by atoms with van der Waals surface area (Å²) in [7, 11) is -3.72. The highest BCUT2D eigenvalue weighted by Gasteiger charge is 2.27. The van der Waals surface area contributed by atoms with Gasteiger partial charge >= 0.3 is 0 Å². The molecule has 1 saturated carbocycles. The third-order valence-electron chi connectivity index (χ3n) is 2.96. The number of nitro benzene ring substituents is 1. The number of rotatable bonds is 6. The van der Waals surface area contributed by atoms with Gasteiger partial charge in [-0.1, -0.05) is 6.07 Å². The summed E-state index contributed by atoms with van der Waals surface area (Å²) in [5.41, 5.74) is -0.138. The number of hydrogen-bond acceptors (Lipinski definition) is 5. The van der Waals surface area contributed by atoms with Crippen LogP contribution in [0.3, 0.4) is 0 Å². The third kappa shape index (κ3) is 4.15. The van der Waals surface area contributed by atoms with Crippen molar-refractivity contribution in [1.82, 2.24) is 5.32 Å². The van der Waals surface area contributed by atoms with Gasteiger partial charge in [0.2, 0.25) is 15.9 Å². The summed E-state index contributed by atoms with van der Waals surface area (Å²) >= 11 is 0. The zero-order chi connectivity index (χ0) is 15.6. The van der Waals surface area contributed by atoms with E-state index in [9.17, 15) is 23.3 Å². The normalized spacial score (nSPS) is 14.5. The number of carbonyl (C=O) groups excluding carboxylic acids is 1. The topological polar surface area (TPSA) is 110 Å². The number of nitro groups is 1. The lowest BCUT2D eigenvalue weighted by atomic mass is 10.3. The van der Waals surface area contributed by atoms with Crippen molar-refractivity contribution in [3.8, 4) is 0 Å². The molecular weight excluding hydrogens is 298 g/mol. The number of anilines is 1. The van der Waals surface area contributed by atoms with Gasteiger partial charge < -0.3 is 5.32 Å². The summed E-state index contributed by atoms with van der Waals surface area (Å²) < 4.78 is 24.5. The Bertz CT molecular complexity index is 669. The number of nitrogens with zero attached hydrogens (tertiary/aromatic N) is 2. The Morgan fingerprint density at radius 1 is 1.48 bits per heavy atom. The van der Waals surface area contributed by atoms with Crippen LogP contribution in [-0.2, 0) is 14.8 Å². The van der Waals surface area contributed by atoms with E-state index in [4.69, 9.17) is 0 Å². The quantitative estimate of drug-likeness (QED) is 0.612. The van der Waals surface area contributed by atoms with Crippen molar-refractivity contribution < 1.29 is 18.1 Å². The molecule has 0 saturated heterocycles. The second-order valence-electron chi connectivity index (χ2n) is 4.89. The first kappa shape index (κ1) is 15.2. The number of carbonyl (C=O) groups is 1. The maximum Gasteiger partial charge on any atom is 0.271 e. The second kappa shape index (κ2) is 5.68. The average molecular weight is 313 g/mol. The van der Waals surface area contributed by atoms with Gasteiger partial charge in [-0.2, -0.15) is 0 Å². The molecule has 0 heterocycles. The molecule has 1 aliphatic carbocycles. The first-order chi connectivity index (χ1) is 9.77. The molecule has 1 aliphatic rings. The highest BCUT2D eigenvalue weighted by atomic mass is 32.2. The van der Waals surface area contributed by atoms with Crippen LogP contribution in [0.2, 0.25) is 0 Å². The highest BCUT2D eigenvalue weighted by molar-refractivity contribution is 7.92. The van der Waals surface area contributed by atoms with Gasteiger partial charge in [0.15, 0.2) is 0 Å². The average Bonchev–Trinajstić information content (AvgIpc) is 3.18. The minimum absolute atomic E-state index is 0.0950. The number of benzene rings is 1. The van der Waals surface area contributed by atoms with Crippen LogP contribution in [0.1, 0.15) is 12.8 Å². The molecular formula is C12H15N3O5S. The van der Waals surface area contributed by atoms with E-state index in [0.29, 0.717) is 0 Å². The Morgan fingerprint density at radius 3 is 2.67 bits per heavy atom. The molecule has 9 heteroatoms. The Labute approximate surface area is 122 Å². The number of hydrogen-bond donors (Lipinski definition) is 1. The van der Waals surface area contributed by atoms with Gasteiger partial charge in [0.25, 0.3) is 5.69 Å². The minimum Gasteiger partial charge on any atom is -0.352 e. The third-order valence-corrected chi connectivity index (χ3v) is 4.10. The van der Waals surface area contributed by atoms with Crippen molar-refractivity contribution in [2.75, 3.05) is 17.1 Å². The van der Waals surface area contributed by atoms with Crippen LogP contribution in [0, 0.1) is 10.1 Å². The Balaban J connectivity index is 2.25. The second-order valence-corrected chi connectivity index (χ2v) is 6.80. The number of nitrogens with one attached hydrogen (secondary N) is 1. The van der Waals surface area contributed by atoms with Crippen molar-refractivity contribution in [2.45, 2.75) is 18.9 Å². The van der Waals surface area contributed by atoms with Crippen molar-refractivity contribution in [3.63, 3.8) is 0 Å². The number of amides is 1. The summed E-state index contributed by atoms with van der Waals surface area (Å²) in [5.74, 6) is -0.422. The van der Waals surface area contributed by atoms with E-state index in [0.717, 1.165) is 29.5 Å². The monoisotopic (exact) mass is 313 g/mol. The maximum absolute atomic E-state index is 11.8. The van der Waals surface area contributed by atoms with Crippen molar-refractivity contribution in [3.05, 3.63) is 34.4 Å². The summed E-state index contributed by atoms with van der Waals surface area (Å²) in [4.78, 5) is 21.9. The maximum atomic E-state index is 11.8. The number of non-ortho nitro benzene ring substituents is 1. The zero-order valence-electron chi connectivity index (χ0n) is 11.4. The van der Waals surface area contributed by atoms with E-state index >= 15 is 0 Å². The molecule has 2 rings (SSSR count). The van der Waals surface area contributed by atoms with Crippen LogP contribution in [-0.4, -0.2) is 38.1 Å².